The summed E-state index contributed by atoms with van der Waals surface area (Å²) < 4.78 is 13.9. The Hall–Kier alpha value is -1.58. The highest BCUT2D eigenvalue weighted by Gasteiger charge is 2.24. The zero-order valence-electron chi connectivity index (χ0n) is 9.67. The third-order valence-corrected chi connectivity index (χ3v) is 3.42. The van der Waals surface area contributed by atoms with Crippen LogP contribution in [0.2, 0.25) is 0 Å². The van der Waals surface area contributed by atoms with Gasteiger partial charge in [-0.25, -0.2) is 4.39 Å². The second-order valence-electron chi connectivity index (χ2n) is 4.56. The Balaban J connectivity index is 1.88. The summed E-state index contributed by atoms with van der Waals surface area (Å²) in [5, 5.41) is 6.48. The van der Waals surface area contributed by atoms with Crippen LogP contribution in [0, 0.1) is 5.82 Å². The summed E-state index contributed by atoms with van der Waals surface area (Å²) in [5.41, 5.74) is 1.96. The molecule has 2 aliphatic rings. The highest BCUT2D eigenvalue weighted by molar-refractivity contribution is 5.81. The van der Waals surface area contributed by atoms with Gasteiger partial charge in [0, 0.05) is 12.1 Å². The van der Waals surface area contributed by atoms with Crippen molar-refractivity contribution in [2.75, 3.05) is 13.1 Å². The van der Waals surface area contributed by atoms with Gasteiger partial charge in [0.25, 0.3) is 0 Å². The van der Waals surface area contributed by atoms with Gasteiger partial charge < -0.3 is 10.6 Å². The molecule has 0 saturated carbocycles. The lowest BCUT2D eigenvalue weighted by atomic mass is 9.87. The van der Waals surface area contributed by atoms with Crippen molar-refractivity contribution >= 4 is 5.96 Å². The van der Waals surface area contributed by atoms with Crippen LogP contribution >= 0.6 is 0 Å². The number of hydrogen-bond donors (Lipinski definition) is 2. The van der Waals surface area contributed by atoms with Crippen LogP contribution in [0.4, 0.5) is 4.39 Å². The topological polar surface area (TPSA) is 36.4 Å². The van der Waals surface area contributed by atoms with E-state index >= 15 is 0 Å². The van der Waals surface area contributed by atoms with Crippen LogP contribution in [-0.4, -0.2) is 19.0 Å². The zero-order valence-corrected chi connectivity index (χ0v) is 9.67. The van der Waals surface area contributed by atoms with Crippen LogP contribution in [0.5, 0.6) is 0 Å². The first-order valence-corrected chi connectivity index (χ1v) is 6.17. The number of benzene rings is 1. The molecule has 0 bridgehead atoms. The van der Waals surface area contributed by atoms with Crippen LogP contribution in [0.1, 0.15) is 30.0 Å². The first kappa shape index (κ1) is 10.6. The largest absolute Gasteiger partial charge is 0.355 e. The van der Waals surface area contributed by atoms with Crippen molar-refractivity contribution in [1.29, 1.82) is 0 Å². The molecule has 3 nitrogen and oxygen atoms in total. The molecule has 90 valence electrons. The number of rotatable bonds is 1. The highest BCUT2D eigenvalue weighted by atomic mass is 19.1. The first-order chi connectivity index (χ1) is 8.34. The molecular weight excluding hydrogens is 217 g/mol. The molecular formula is C13H16FN3. The van der Waals surface area contributed by atoms with E-state index in [1.165, 1.54) is 0 Å². The molecule has 2 N–H and O–H groups in total. The Morgan fingerprint density at radius 3 is 3.18 bits per heavy atom. The van der Waals surface area contributed by atoms with Crippen molar-refractivity contribution in [2.45, 2.75) is 25.3 Å². The number of nitrogens with zero attached hydrogens (tertiary/aromatic N) is 1. The summed E-state index contributed by atoms with van der Waals surface area (Å²) in [6.45, 7) is 1.68. The first-order valence-electron chi connectivity index (χ1n) is 6.17. The minimum absolute atomic E-state index is 0.0595. The van der Waals surface area contributed by atoms with Gasteiger partial charge in [0.15, 0.2) is 5.96 Å². The molecule has 0 spiro atoms. The average Bonchev–Trinajstić information content (AvgIpc) is 2.82. The number of guanidine groups is 1. The molecule has 4 heteroatoms. The quantitative estimate of drug-likeness (QED) is 0.775. The van der Waals surface area contributed by atoms with Gasteiger partial charge in [-0.3, -0.25) is 4.99 Å². The number of halogens is 1. The minimum atomic E-state index is -0.0988. The Labute approximate surface area is 100 Å². The van der Waals surface area contributed by atoms with Gasteiger partial charge in [-0.15, -0.1) is 0 Å². The van der Waals surface area contributed by atoms with Gasteiger partial charge in [-0.05, 0) is 30.9 Å². The molecule has 17 heavy (non-hydrogen) atoms. The lowest BCUT2D eigenvalue weighted by Crippen LogP contribution is -2.38. The molecule has 0 radical (unpaired) electrons. The van der Waals surface area contributed by atoms with E-state index in [2.05, 4.69) is 15.6 Å². The van der Waals surface area contributed by atoms with E-state index in [-0.39, 0.29) is 11.9 Å². The molecule has 1 aliphatic heterocycles. The number of aryl methyl sites for hydroxylation is 1. The standard InChI is InChI=1S/C13H16FN3/c14-10-5-1-3-9-4-2-6-11(12(9)10)17-13-15-7-8-16-13/h1,3,5,11H,2,4,6-8H2,(H2,15,16,17). The predicted octanol–water partition coefficient (Wildman–Crippen LogP) is 1.75. The van der Waals surface area contributed by atoms with Crippen molar-refractivity contribution < 1.29 is 4.39 Å². The van der Waals surface area contributed by atoms with Crippen molar-refractivity contribution in [3.8, 4) is 0 Å². The van der Waals surface area contributed by atoms with E-state index in [9.17, 15) is 4.39 Å². The van der Waals surface area contributed by atoms with Crippen LogP contribution in [-0.2, 0) is 6.42 Å². The van der Waals surface area contributed by atoms with E-state index in [0.717, 1.165) is 49.4 Å². The molecule has 0 amide bonds. The molecule has 0 aromatic heterocycles. The second kappa shape index (κ2) is 4.35. The second-order valence-corrected chi connectivity index (χ2v) is 4.56. The smallest absolute Gasteiger partial charge is 0.191 e. The lowest BCUT2D eigenvalue weighted by Gasteiger charge is -2.27. The maximum absolute atomic E-state index is 13.9. The van der Waals surface area contributed by atoms with Crippen LogP contribution in [0.3, 0.4) is 0 Å². The summed E-state index contributed by atoms with van der Waals surface area (Å²) in [7, 11) is 0. The Morgan fingerprint density at radius 1 is 1.41 bits per heavy atom. The van der Waals surface area contributed by atoms with E-state index in [4.69, 9.17) is 0 Å². The van der Waals surface area contributed by atoms with Gasteiger partial charge in [-0.1, -0.05) is 12.1 Å². The van der Waals surface area contributed by atoms with Crippen molar-refractivity contribution in [3.05, 3.63) is 35.1 Å². The zero-order chi connectivity index (χ0) is 11.7. The third kappa shape index (κ3) is 1.99. The minimum Gasteiger partial charge on any atom is -0.355 e. The van der Waals surface area contributed by atoms with Gasteiger partial charge in [0.2, 0.25) is 0 Å². The summed E-state index contributed by atoms with van der Waals surface area (Å²) in [6, 6.07) is 5.42. The van der Waals surface area contributed by atoms with Crippen LogP contribution in [0.15, 0.2) is 23.2 Å². The Kier molecular flexibility index (Phi) is 2.71. The number of aliphatic imine (C=N–C) groups is 1. The van der Waals surface area contributed by atoms with Crippen molar-refractivity contribution in [2.24, 2.45) is 4.99 Å². The molecule has 1 aromatic carbocycles. The molecule has 1 heterocycles. The molecule has 1 aliphatic carbocycles. The molecule has 0 saturated heterocycles. The highest BCUT2D eigenvalue weighted by Crippen LogP contribution is 2.31. The summed E-state index contributed by atoms with van der Waals surface area (Å²) >= 11 is 0. The molecule has 1 atom stereocenters. The molecule has 1 aromatic rings. The number of hydrogen-bond acceptors (Lipinski definition) is 3. The molecule has 1 unspecified atom stereocenters. The van der Waals surface area contributed by atoms with Crippen LogP contribution < -0.4 is 10.6 Å². The fourth-order valence-corrected chi connectivity index (χ4v) is 2.63. The maximum Gasteiger partial charge on any atom is 0.191 e. The molecule has 0 fully saturated rings. The van der Waals surface area contributed by atoms with Gasteiger partial charge >= 0.3 is 0 Å². The monoisotopic (exact) mass is 233 g/mol. The van der Waals surface area contributed by atoms with Gasteiger partial charge in [0.1, 0.15) is 5.82 Å². The summed E-state index contributed by atoms with van der Waals surface area (Å²) in [4.78, 5) is 4.30. The number of nitrogens with one attached hydrogen (secondary N) is 2. The maximum atomic E-state index is 13.9. The van der Waals surface area contributed by atoms with Crippen molar-refractivity contribution in [1.82, 2.24) is 10.6 Å². The Morgan fingerprint density at radius 2 is 2.35 bits per heavy atom. The SMILES string of the molecule is Fc1cccc2c1C(NC1=NCCN1)CCC2. The van der Waals surface area contributed by atoms with E-state index in [0.29, 0.717) is 0 Å². The molecule has 3 rings (SSSR count). The number of fused-ring (bicyclic) bond motifs is 1. The van der Waals surface area contributed by atoms with E-state index in [1.807, 2.05) is 6.07 Å². The normalized spacial score (nSPS) is 22.6. The fraction of sp³-hybridized carbons (Fsp3) is 0.462. The van der Waals surface area contributed by atoms with Crippen molar-refractivity contribution in [3.63, 3.8) is 0 Å². The summed E-state index contributed by atoms with van der Waals surface area (Å²) in [5.74, 6) is 0.712. The van der Waals surface area contributed by atoms with Gasteiger partial charge in [0.05, 0.1) is 12.6 Å². The third-order valence-electron chi connectivity index (χ3n) is 3.42. The van der Waals surface area contributed by atoms with Gasteiger partial charge in [-0.2, -0.15) is 0 Å². The Bertz CT molecular complexity index is 456. The predicted molar refractivity (Wildman–Crippen MR) is 65.5 cm³/mol. The summed E-state index contributed by atoms with van der Waals surface area (Å²) in [6.07, 6.45) is 3.04. The fourth-order valence-electron chi connectivity index (χ4n) is 2.63. The van der Waals surface area contributed by atoms with E-state index in [1.54, 1.807) is 12.1 Å². The van der Waals surface area contributed by atoms with Crippen LogP contribution in [0.25, 0.3) is 0 Å². The average molecular weight is 233 g/mol. The lowest BCUT2D eigenvalue weighted by molar-refractivity contribution is 0.486. The van der Waals surface area contributed by atoms with E-state index < -0.39 is 0 Å².